The van der Waals surface area contributed by atoms with Gasteiger partial charge in [-0.05, 0) is 18.8 Å². The quantitative estimate of drug-likeness (QED) is 0.837. The molecule has 20 heavy (non-hydrogen) atoms. The highest BCUT2D eigenvalue weighted by Gasteiger charge is 2.27. The van der Waals surface area contributed by atoms with Gasteiger partial charge in [0, 0.05) is 45.8 Å². The Kier molecular flexibility index (Phi) is 5.23. The fraction of sp³-hybridized carbons (Fsp3) is 0.857. The topological polar surface area (TPSA) is 64.1 Å². The molecule has 114 valence electrons. The Labute approximate surface area is 120 Å². The van der Waals surface area contributed by atoms with Crippen molar-refractivity contribution in [2.24, 2.45) is 5.92 Å². The van der Waals surface area contributed by atoms with E-state index >= 15 is 0 Å². The van der Waals surface area contributed by atoms with Crippen LogP contribution >= 0.6 is 0 Å². The zero-order valence-electron chi connectivity index (χ0n) is 12.3. The van der Waals surface area contributed by atoms with Crippen LogP contribution in [0.2, 0.25) is 0 Å². The van der Waals surface area contributed by atoms with Gasteiger partial charge in [-0.25, -0.2) is 4.79 Å². The van der Waals surface area contributed by atoms with Crippen LogP contribution in [0, 0.1) is 5.92 Å². The van der Waals surface area contributed by atoms with E-state index < -0.39 is 5.97 Å². The lowest BCUT2D eigenvalue weighted by Gasteiger charge is -2.39. The number of nitrogens with zero attached hydrogens (tertiary/aromatic N) is 3. The smallest absolute Gasteiger partial charge is 0.320 e. The summed E-state index contributed by atoms with van der Waals surface area (Å²) >= 11 is 0. The molecule has 6 nitrogen and oxygen atoms in total. The number of carboxylic acid groups (broad SMARTS) is 1. The summed E-state index contributed by atoms with van der Waals surface area (Å²) in [4.78, 5) is 28.9. The Balaban J connectivity index is 1.73. The Bertz CT molecular complexity index is 346. The molecule has 2 aliphatic rings. The molecule has 0 atom stereocenters. The summed E-state index contributed by atoms with van der Waals surface area (Å²) in [7, 11) is 0. The third-order valence-electron chi connectivity index (χ3n) is 4.34. The lowest BCUT2D eigenvalue weighted by molar-refractivity contribution is -0.137. The molecule has 0 aromatic heterocycles. The molecule has 2 fully saturated rings. The number of piperazine rings is 1. The number of amides is 2. The summed E-state index contributed by atoms with van der Waals surface area (Å²) in [6.45, 7) is 7.56. The summed E-state index contributed by atoms with van der Waals surface area (Å²) in [5.41, 5.74) is 0. The number of rotatable bonds is 3. The van der Waals surface area contributed by atoms with E-state index in [4.69, 9.17) is 5.11 Å². The predicted molar refractivity (Wildman–Crippen MR) is 75.6 cm³/mol. The molecule has 0 aliphatic carbocycles. The normalized spacial score (nSPS) is 22.1. The molecule has 0 bridgehead atoms. The van der Waals surface area contributed by atoms with Crippen LogP contribution < -0.4 is 0 Å². The minimum atomic E-state index is -0.758. The van der Waals surface area contributed by atoms with Crippen molar-refractivity contribution in [3.8, 4) is 0 Å². The van der Waals surface area contributed by atoms with Crippen LogP contribution in [0.4, 0.5) is 4.79 Å². The van der Waals surface area contributed by atoms with Crippen molar-refractivity contribution in [1.82, 2.24) is 14.7 Å². The standard InChI is InChI=1S/C14H25N3O3/c1-12-2-6-16(7-3-12)14(20)17-10-8-15(9-11-17)5-4-13(18)19/h12H,2-11H2,1H3,(H,18,19). The SMILES string of the molecule is CC1CCN(C(=O)N2CCN(CCC(=O)O)CC2)CC1. The summed E-state index contributed by atoms with van der Waals surface area (Å²) < 4.78 is 0. The first-order valence-corrected chi connectivity index (χ1v) is 7.54. The van der Waals surface area contributed by atoms with Gasteiger partial charge >= 0.3 is 12.0 Å². The van der Waals surface area contributed by atoms with Crippen molar-refractivity contribution in [3.63, 3.8) is 0 Å². The summed E-state index contributed by atoms with van der Waals surface area (Å²) in [5, 5.41) is 8.68. The number of carbonyl (C=O) groups is 2. The van der Waals surface area contributed by atoms with Crippen molar-refractivity contribution in [3.05, 3.63) is 0 Å². The Morgan fingerprint density at radius 3 is 2.10 bits per heavy atom. The van der Waals surface area contributed by atoms with Crippen LogP contribution in [0.5, 0.6) is 0 Å². The van der Waals surface area contributed by atoms with E-state index in [0.717, 1.165) is 44.9 Å². The molecule has 6 heteroatoms. The minimum Gasteiger partial charge on any atom is -0.481 e. The zero-order valence-corrected chi connectivity index (χ0v) is 12.3. The molecule has 2 saturated heterocycles. The van der Waals surface area contributed by atoms with Crippen molar-refractivity contribution < 1.29 is 14.7 Å². The Morgan fingerprint density at radius 1 is 1.00 bits per heavy atom. The maximum Gasteiger partial charge on any atom is 0.320 e. The highest BCUT2D eigenvalue weighted by molar-refractivity contribution is 5.74. The average molecular weight is 283 g/mol. The number of likely N-dealkylation sites (tertiary alicyclic amines) is 1. The Morgan fingerprint density at radius 2 is 1.55 bits per heavy atom. The van der Waals surface area contributed by atoms with Crippen LogP contribution in [0.25, 0.3) is 0 Å². The van der Waals surface area contributed by atoms with Crippen molar-refractivity contribution in [2.75, 3.05) is 45.8 Å². The monoisotopic (exact) mass is 283 g/mol. The third-order valence-corrected chi connectivity index (χ3v) is 4.34. The summed E-state index contributed by atoms with van der Waals surface area (Å²) in [6, 6.07) is 0.162. The molecule has 0 spiro atoms. The Hall–Kier alpha value is -1.30. The van der Waals surface area contributed by atoms with E-state index in [0.29, 0.717) is 19.6 Å². The molecule has 2 aliphatic heterocycles. The van der Waals surface area contributed by atoms with Crippen molar-refractivity contribution in [1.29, 1.82) is 0 Å². The van der Waals surface area contributed by atoms with Gasteiger partial charge in [-0.3, -0.25) is 9.69 Å². The number of hydrogen-bond donors (Lipinski definition) is 1. The lowest BCUT2D eigenvalue weighted by Crippen LogP contribution is -2.54. The second kappa shape index (κ2) is 6.92. The van der Waals surface area contributed by atoms with E-state index in [1.807, 2.05) is 9.80 Å². The van der Waals surface area contributed by atoms with Crippen LogP contribution in [0.1, 0.15) is 26.2 Å². The number of piperidine rings is 1. The number of hydrogen-bond acceptors (Lipinski definition) is 3. The molecule has 0 aromatic rings. The van der Waals surface area contributed by atoms with Gasteiger partial charge in [0.05, 0.1) is 6.42 Å². The van der Waals surface area contributed by atoms with Crippen LogP contribution in [-0.2, 0) is 4.79 Å². The molecule has 0 radical (unpaired) electrons. The van der Waals surface area contributed by atoms with E-state index in [2.05, 4.69) is 11.8 Å². The van der Waals surface area contributed by atoms with Gasteiger partial charge in [-0.2, -0.15) is 0 Å². The molecule has 2 rings (SSSR count). The number of carboxylic acids is 1. The number of carbonyl (C=O) groups excluding carboxylic acids is 1. The number of aliphatic carboxylic acids is 1. The van der Waals surface area contributed by atoms with Gasteiger partial charge in [0.1, 0.15) is 0 Å². The molecule has 2 heterocycles. The molecular weight excluding hydrogens is 258 g/mol. The predicted octanol–water partition coefficient (Wildman–Crippen LogP) is 0.931. The minimum absolute atomic E-state index is 0.162. The molecule has 2 amide bonds. The van der Waals surface area contributed by atoms with Gasteiger partial charge in [-0.15, -0.1) is 0 Å². The van der Waals surface area contributed by atoms with Gasteiger partial charge in [0.2, 0.25) is 0 Å². The second-order valence-electron chi connectivity index (χ2n) is 5.92. The van der Waals surface area contributed by atoms with Crippen LogP contribution in [-0.4, -0.2) is 77.6 Å². The summed E-state index contributed by atoms with van der Waals surface area (Å²) in [6.07, 6.45) is 2.38. The third kappa shape index (κ3) is 4.10. The van der Waals surface area contributed by atoms with Crippen LogP contribution in [0.3, 0.4) is 0 Å². The largest absolute Gasteiger partial charge is 0.481 e. The first-order valence-electron chi connectivity index (χ1n) is 7.54. The highest BCUT2D eigenvalue weighted by Crippen LogP contribution is 2.17. The van der Waals surface area contributed by atoms with E-state index in [1.54, 1.807) is 0 Å². The van der Waals surface area contributed by atoms with Crippen molar-refractivity contribution in [2.45, 2.75) is 26.2 Å². The molecule has 1 N–H and O–H groups in total. The highest BCUT2D eigenvalue weighted by atomic mass is 16.4. The fourth-order valence-corrected chi connectivity index (χ4v) is 2.82. The van der Waals surface area contributed by atoms with Gasteiger partial charge < -0.3 is 14.9 Å². The number of urea groups is 1. The summed E-state index contributed by atoms with van der Waals surface area (Å²) in [5.74, 6) is -0.0298. The molecule has 0 aromatic carbocycles. The van der Waals surface area contributed by atoms with Gasteiger partial charge in [-0.1, -0.05) is 6.92 Å². The van der Waals surface area contributed by atoms with E-state index in [1.165, 1.54) is 0 Å². The average Bonchev–Trinajstić information content (AvgIpc) is 2.46. The maximum atomic E-state index is 12.4. The van der Waals surface area contributed by atoms with Crippen LogP contribution in [0.15, 0.2) is 0 Å². The first-order chi connectivity index (χ1) is 9.56. The first kappa shape index (κ1) is 15.1. The fourth-order valence-electron chi connectivity index (χ4n) is 2.82. The van der Waals surface area contributed by atoms with E-state index in [9.17, 15) is 9.59 Å². The lowest BCUT2D eigenvalue weighted by atomic mass is 9.99. The maximum absolute atomic E-state index is 12.4. The molecule has 0 saturated carbocycles. The van der Waals surface area contributed by atoms with Gasteiger partial charge in [0.25, 0.3) is 0 Å². The van der Waals surface area contributed by atoms with Gasteiger partial charge in [0.15, 0.2) is 0 Å². The second-order valence-corrected chi connectivity index (χ2v) is 5.92. The zero-order chi connectivity index (χ0) is 14.5. The molecule has 0 unspecified atom stereocenters. The molecular formula is C14H25N3O3. The van der Waals surface area contributed by atoms with Crippen molar-refractivity contribution >= 4 is 12.0 Å². The van der Waals surface area contributed by atoms with E-state index in [-0.39, 0.29) is 12.5 Å².